The summed E-state index contributed by atoms with van der Waals surface area (Å²) in [6.45, 7) is 0. The van der Waals surface area contributed by atoms with E-state index in [1.54, 1.807) is 30.3 Å². The molecule has 0 aromatic heterocycles. The van der Waals surface area contributed by atoms with Crippen LogP contribution in [0.25, 0.3) is 0 Å². The fraction of sp³-hybridized carbons (Fsp3) is 0.375. The molecule has 0 radical (unpaired) electrons. The minimum Gasteiger partial charge on any atom is -0.493 e. The van der Waals surface area contributed by atoms with Crippen molar-refractivity contribution in [1.29, 1.82) is 0 Å². The van der Waals surface area contributed by atoms with E-state index in [-0.39, 0.29) is 17.1 Å². The van der Waals surface area contributed by atoms with E-state index in [0.29, 0.717) is 24.2 Å². The van der Waals surface area contributed by atoms with Crippen LogP contribution in [0.3, 0.4) is 0 Å². The number of benzene rings is 2. The summed E-state index contributed by atoms with van der Waals surface area (Å²) in [6, 6.07) is 11.7. The zero-order chi connectivity index (χ0) is 24.5. The van der Waals surface area contributed by atoms with Crippen LogP contribution in [0.15, 0.2) is 53.5 Å². The zero-order valence-corrected chi connectivity index (χ0v) is 18.7. The number of carbonyl (C=O) groups excluding carboxylic acids is 2. The standard InChI is InChI=1S/C24H24F3N3O4/c1-33-18-13-12-16(14-19(18)34-2)21(31)29-23(24(25,26)27)22(32)30(17-10-6-7-11-17)20(28-23)15-8-4-3-5-9-15/h3-5,8-9,12-14,17H,6-7,10-11H2,1-2H3,(H,29,31). The van der Waals surface area contributed by atoms with E-state index in [9.17, 15) is 22.8 Å². The molecule has 1 fully saturated rings. The van der Waals surface area contributed by atoms with E-state index >= 15 is 0 Å². The average Bonchev–Trinajstić information content (AvgIpc) is 3.45. The van der Waals surface area contributed by atoms with Gasteiger partial charge in [0.15, 0.2) is 11.5 Å². The van der Waals surface area contributed by atoms with Gasteiger partial charge < -0.3 is 14.8 Å². The molecule has 1 unspecified atom stereocenters. The second kappa shape index (κ2) is 9.00. The number of nitrogens with zero attached hydrogens (tertiary/aromatic N) is 2. The number of ether oxygens (including phenoxy) is 2. The number of methoxy groups -OCH3 is 2. The van der Waals surface area contributed by atoms with Crippen molar-refractivity contribution in [2.24, 2.45) is 4.99 Å². The molecule has 2 aliphatic rings. The average molecular weight is 475 g/mol. The summed E-state index contributed by atoms with van der Waals surface area (Å²) in [5.41, 5.74) is -3.20. The molecular weight excluding hydrogens is 451 g/mol. The smallest absolute Gasteiger partial charge is 0.442 e. The zero-order valence-electron chi connectivity index (χ0n) is 18.7. The molecule has 7 nitrogen and oxygen atoms in total. The van der Waals surface area contributed by atoms with Gasteiger partial charge in [-0.2, -0.15) is 13.2 Å². The minimum absolute atomic E-state index is 0.0950. The Morgan fingerprint density at radius 1 is 1.06 bits per heavy atom. The number of amidine groups is 1. The van der Waals surface area contributed by atoms with Gasteiger partial charge in [0.2, 0.25) is 0 Å². The van der Waals surface area contributed by atoms with Gasteiger partial charge in [0.25, 0.3) is 11.8 Å². The molecule has 34 heavy (non-hydrogen) atoms. The molecule has 2 amide bonds. The van der Waals surface area contributed by atoms with Crippen molar-refractivity contribution in [2.45, 2.75) is 43.6 Å². The third-order valence-corrected chi connectivity index (χ3v) is 6.10. The maximum atomic E-state index is 14.5. The molecule has 0 bridgehead atoms. The predicted octanol–water partition coefficient (Wildman–Crippen LogP) is 3.92. The van der Waals surface area contributed by atoms with E-state index in [0.717, 1.165) is 17.7 Å². The van der Waals surface area contributed by atoms with Crippen molar-refractivity contribution in [3.63, 3.8) is 0 Å². The molecule has 1 heterocycles. The largest absolute Gasteiger partial charge is 0.493 e. The third-order valence-electron chi connectivity index (χ3n) is 6.10. The van der Waals surface area contributed by atoms with Gasteiger partial charge in [-0.1, -0.05) is 43.2 Å². The van der Waals surface area contributed by atoms with Crippen LogP contribution in [-0.2, 0) is 4.79 Å². The van der Waals surface area contributed by atoms with Gasteiger partial charge >= 0.3 is 11.8 Å². The molecule has 1 N–H and O–H groups in total. The molecular formula is C24H24F3N3O4. The van der Waals surface area contributed by atoms with Crippen molar-refractivity contribution >= 4 is 17.6 Å². The highest BCUT2D eigenvalue weighted by molar-refractivity contribution is 6.17. The number of halogens is 3. The molecule has 0 saturated heterocycles. The maximum Gasteiger partial charge on any atom is 0.442 e. The summed E-state index contributed by atoms with van der Waals surface area (Å²) < 4.78 is 53.9. The molecule has 2 aromatic rings. The van der Waals surface area contributed by atoms with E-state index in [1.807, 2.05) is 5.32 Å². The van der Waals surface area contributed by atoms with E-state index in [2.05, 4.69) is 4.99 Å². The van der Waals surface area contributed by atoms with Gasteiger partial charge in [0.05, 0.1) is 14.2 Å². The second-order valence-electron chi connectivity index (χ2n) is 8.15. The Morgan fingerprint density at radius 2 is 1.71 bits per heavy atom. The third kappa shape index (κ3) is 3.97. The molecule has 1 aliphatic heterocycles. The van der Waals surface area contributed by atoms with Crippen molar-refractivity contribution in [3.05, 3.63) is 59.7 Å². The van der Waals surface area contributed by atoms with Gasteiger partial charge in [0.1, 0.15) is 5.84 Å². The van der Waals surface area contributed by atoms with E-state index in [1.165, 1.54) is 32.4 Å². The molecule has 1 atom stereocenters. The Labute approximate surface area is 194 Å². The number of alkyl halides is 3. The van der Waals surface area contributed by atoms with Crippen molar-refractivity contribution < 1.29 is 32.2 Å². The van der Waals surface area contributed by atoms with Crippen LogP contribution in [-0.4, -0.2) is 54.7 Å². The lowest BCUT2D eigenvalue weighted by Crippen LogP contribution is -2.64. The van der Waals surface area contributed by atoms with Crippen LogP contribution >= 0.6 is 0 Å². The molecule has 10 heteroatoms. The summed E-state index contributed by atoms with van der Waals surface area (Å²) in [4.78, 5) is 31.5. The summed E-state index contributed by atoms with van der Waals surface area (Å²) in [7, 11) is 2.73. The van der Waals surface area contributed by atoms with Crippen molar-refractivity contribution in [2.75, 3.05) is 14.2 Å². The van der Waals surface area contributed by atoms with Crippen LogP contribution in [0, 0.1) is 0 Å². The lowest BCUT2D eigenvalue weighted by atomic mass is 10.1. The summed E-state index contributed by atoms with van der Waals surface area (Å²) in [5.74, 6) is -2.05. The van der Waals surface area contributed by atoms with Gasteiger partial charge in [-0.3, -0.25) is 14.5 Å². The number of hydrogen-bond donors (Lipinski definition) is 1. The van der Waals surface area contributed by atoms with Crippen molar-refractivity contribution in [3.8, 4) is 11.5 Å². The SMILES string of the molecule is COc1ccc(C(=O)NC2(C(F)(F)F)N=C(c3ccccc3)N(C3CCCC3)C2=O)cc1OC. The van der Waals surface area contributed by atoms with Crippen LogP contribution < -0.4 is 14.8 Å². The summed E-state index contributed by atoms with van der Waals surface area (Å²) in [6.07, 6.45) is -2.45. The number of nitrogens with one attached hydrogen (secondary N) is 1. The number of rotatable bonds is 6. The second-order valence-corrected chi connectivity index (χ2v) is 8.15. The van der Waals surface area contributed by atoms with Gasteiger partial charge in [-0.15, -0.1) is 0 Å². The lowest BCUT2D eigenvalue weighted by molar-refractivity contribution is -0.196. The maximum absolute atomic E-state index is 14.5. The van der Waals surface area contributed by atoms with Gasteiger partial charge in [0, 0.05) is 17.2 Å². The lowest BCUT2D eigenvalue weighted by Gasteiger charge is -2.31. The summed E-state index contributed by atoms with van der Waals surface area (Å²) >= 11 is 0. The highest BCUT2D eigenvalue weighted by atomic mass is 19.4. The monoisotopic (exact) mass is 475 g/mol. The first-order chi connectivity index (χ1) is 16.2. The summed E-state index contributed by atoms with van der Waals surface area (Å²) in [5, 5.41) is 1.90. The highest BCUT2D eigenvalue weighted by Gasteiger charge is 2.68. The topological polar surface area (TPSA) is 80.2 Å². The van der Waals surface area contributed by atoms with Crippen LogP contribution in [0.4, 0.5) is 13.2 Å². The Morgan fingerprint density at radius 3 is 2.29 bits per heavy atom. The Hall–Kier alpha value is -3.56. The quantitative estimate of drug-likeness (QED) is 0.687. The number of carbonyl (C=O) groups is 2. The fourth-order valence-corrected chi connectivity index (χ4v) is 4.37. The Balaban J connectivity index is 1.78. The molecule has 2 aromatic carbocycles. The Bertz CT molecular complexity index is 1110. The first-order valence-electron chi connectivity index (χ1n) is 10.8. The molecule has 180 valence electrons. The van der Waals surface area contributed by atoms with Crippen LogP contribution in [0.2, 0.25) is 0 Å². The van der Waals surface area contributed by atoms with E-state index in [4.69, 9.17) is 9.47 Å². The predicted molar refractivity (Wildman–Crippen MR) is 118 cm³/mol. The number of hydrogen-bond acceptors (Lipinski definition) is 5. The first kappa shape index (κ1) is 23.6. The Kier molecular flexibility index (Phi) is 6.24. The van der Waals surface area contributed by atoms with Gasteiger partial charge in [-0.05, 0) is 31.0 Å². The minimum atomic E-state index is -5.18. The first-order valence-corrected chi connectivity index (χ1v) is 10.8. The molecule has 0 spiro atoms. The van der Waals surface area contributed by atoms with E-state index < -0.39 is 29.7 Å². The molecule has 1 saturated carbocycles. The van der Waals surface area contributed by atoms with Crippen LogP contribution in [0.5, 0.6) is 11.5 Å². The van der Waals surface area contributed by atoms with Crippen LogP contribution in [0.1, 0.15) is 41.6 Å². The van der Waals surface area contributed by atoms with Crippen molar-refractivity contribution in [1.82, 2.24) is 10.2 Å². The number of aliphatic imine (C=N–C) groups is 1. The van der Waals surface area contributed by atoms with Gasteiger partial charge in [-0.25, -0.2) is 4.99 Å². The fourth-order valence-electron chi connectivity index (χ4n) is 4.37. The normalized spacial score (nSPS) is 20.9. The highest BCUT2D eigenvalue weighted by Crippen LogP contribution is 2.41. The molecule has 1 aliphatic carbocycles. The number of amides is 2. The molecule has 4 rings (SSSR count).